The molecule has 1 unspecified atom stereocenters. The highest BCUT2D eigenvalue weighted by Gasteiger charge is 2.08. The maximum Gasteiger partial charge on any atom is 0.107 e. The number of nitrogens with two attached hydrogens (primary N) is 1. The number of hydrogen-bond donors (Lipinski definition) is 1. The Morgan fingerprint density at radius 2 is 2.14 bits per heavy atom. The highest BCUT2D eigenvalue weighted by molar-refractivity contribution is 7.09. The van der Waals surface area contributed by atoms with Crippen molar-refractivity contribution in [1.29, 1.82) is 0 Å². The number of thiazole rings is 1. The van der Waals surface area contributed by atoms with Crippen LogP contribution in [-0.2, 0) is 6.54 Å². The van der Waals surface area contributed by atoms with Crippen LogP contribution in [0.2, 0.25) is 0 Å². The minimum absolute atomic E-state index is 0.0525. The lowest BCUT2D eigenvalue weighted by atomic mass is 10.3. The van der Waals surface area contributed by atoms with E-state index < -0.39 is 0 Å². The van der Waals surface area contributed by atoms with Crippen molar-refractivity contribution >= 4 is 11.3 Å². The fourth-order valence-corrected chi connectivity index (χ4v) is 2.18. The van der Waals surface area contributed by atoms with Crippen molar-refractivity contribution in [3.8, 4) is 0 Å². The van der Waals surface area contributed by atoms with Crippen molar-refractivity contribution in [2.24, 2.45) is 5.73 Å². The maximum absolute atomic E-state index is 5.75. The zero-order chi connectivity index (χ0) is 10.6. The summed E-state index contributed by atoms with van der Waals surface area (Å²) in [6.07, 6.45) is 0. The van der Waals surface area contributed by atoms with Crippen molar-refractivity contribution in [3.63, 3.8) is 0 Å². The third-order valence-corrected chi connectivity index (χ3v) is 3.14. The van der Waals surface area contributed by atoms with Gasteiger partial charge in [0.1, 0.15) is 5.01 Å². The summed E-state index contributed by atoms with van der Waals surface area (Å²) < 4.78 is 0. The Labute approximate surface area is 89.9 Å². The Morgan fingerprint density at radius 3 is 2.57 bits per heavy atom. The fourth-order valence-electron chi connectivity index (χ4n) is 1.25. The Kier molecular flexibility index (Phi) is 4.51. The lowest BCUT2D eigenvalue weighted by Gasteiger charge is -2.15. The average Bonchev–Trinajstić information content (AvgIpc) is 2.62. The molecule has 4 heteroatoms. The first kappa shape index (κ1) is 11.6. The summed E-state index contributed by atoms with van der Waals surface area (Å²) in [5.41, 5.74) is 6.76. The van der Waals surface area contributed by atoms with Gasteiger partial charge in [0, 0.05) is 11.4 Å². The van der Waals surface area contributed by atoms with Gasteiger partial charge in [0.15, 0.2) is 0 Å². The molecule has 1 atom stereocenters. The molecule has 0 bridgehead atoms. The van der Waals surface area contributed by atoms with Crippen LogP contribution in [0.25, 0.3) is 0 Å². The quantitative estimate of drug-likeness (QED) is 0.813. The number of nitrogens with zero attached hydrogens (tertiary/aromatic N) is 2. The summed E-state index contributed by atoms with van der Waals surface area (Å²) in [6.45, 7) is 9.40. The molecule has 0 aliphatic heterocycles. The first-order chi connectivity index (χ1) is 6.67. The first-order valence-electron chi connectivity index (χ1n) is 5.09. The summed E-state index contributed by atoms with van der Waals surface area (Å²) >= 11 is 1.70. The molecule has 1 aromatic heterocycles. The molecule has 0 spiro atoms. The highest BCUT2D eigenvalue weighted by atomic mass is 32.1. The van der Waals surface area contributed by atoms with Gasteiger partial charge in [-0.15, -0.1) is 11.3 Å². The van der Waals surface area contributed by atoms with Crippen molar-refractivity contribution < 1.29 is 0 Å². The maximum atomic E-state index is 5.75. The van der Waals surface area contributed by atoms with E-state index in [4.69, 9.17) is 5.73 Å². The SMILES string of the molecule is CCN(CC)Cc1nc(C(C)N)cs1. The van der Waals surface area contributed by atoms with E-state index in [9.17, 15) is 0 Å². The van der Waals surface area contributed by atoms with Crippen molar-refractivity contribution in [3.05, 3.63) is 16.1 Å². The molecule has 0 radical (unpaired) electrons. The fraction of sp³-hybridized carbons (Fsp3) is 0.700. The molecule has 0 saturated carbocycles. The van der Waals surface area contributed by atoms with E-state index in [2.05, 4.69) is 29.1 Å². The van der Waals surface area contributed by atoms with Gasteiger partial charge in [0.25, 0.3) is 0 Å². The predicted octanol–water partition coefficient (Wildman–Crippen LogP) is 2.00. The summed E-state index contributed by atoms with van der Waals surface area (Å²) in [7, 11) is 0. The minimum atomic E-state index is 0.0525. The van der Waals surface area contributed by atoms with Crippen LogP contribution in [0.1, 0.15) is 37.5 Å². The third kappa shape index (κ3) is 3.04. The standard InChI is InChI=1S/C10H19N3S/c1-4-13(5-2)6-10-12-9(7-14-10)8(3)11/h7-8H,4-6,11H2,1-3H3. The molecule has 1 aromatic rings. The second kappa shape index (κ2) is 5.44. The molecule has 0 aliphatic rings. The van der Waals surface area contributed by atoms with Crippen LogP contribution in [0.5, 0.6) is 0 Å². The van der Waals surface area contributed by atoms with E-state index in [1.165, 1.54) is 5.01 Å². The third-order valence-electron chi connectivity index (χ3n) is 2.29. The van der Waals surface area contributed by atoms with Crippen molar-refractivity contribution in [1.82, 2.24) is 9.88 Å². The van der Waals surface area contributed by atoms with Gasteiger partial charge >= 0.3 is 0 Å². The number of rotatable bonds is 5. The summed E-state index contributed by atoms with van der Waals surface area (Å²) in [6, 6.07) is 0.0525. The lowest BCUT2D eigenvalue weighted by molar-refractivity contribution is 0.295. The van der Waals surface area contributed by atoms with E-state index >= 15 is 0 Å². The van der Waals surface area contributed by atoms with Gasteiger partial charge in [0.2, 0.25) is 0 Å². The van der Waals surface area contributed by atoms with Gasteiger partial charge in [-0.25, -0.2) is 4.98 Å². The van der Waals surface area contributed by atoms with E-state index in [0.717, 1.165) is 25.3 Å². The van der Waals surface area contributed by atoms with E-state index in [0.29, 0.717) is 0 Å². The second-order valence-electron chi connectivity index (χ2n) is 3.42. The molecule has 0 amide bonds. The summed E-state index contributed by atoms with van der Waals surface area (Å²) in [4.78, 5) is 6.85. The molecule has 1 rings (SSSR count). The Balaban J connectivity index is 2.58. The number of aromatic nitrogens is 1. The first-order valence-corrected chi connectivity index (χ1v) is 5.97. The molecule has 0 aromatic carbocycles. The molecule has 80 valence electrons. The van der Waals surface area contributed by atoms with Crippen LogP contribution in [-0.4, -0.2) is 23.0 Å². The van der Waals surface area contributed by atoms with Gasteiger partial charge in [-0.05, 0) is 20.0 Å². The van der Waals surface area contributed by atoms with Crippen LogP contribution in [0.3, 0.4) is 0 Å². The van der Waals surface area contributed by atoms with Crippen LogP contribution in [0.4, 0.5) is 0 Å². The predicted molar refractivity (Wildman–Crippen MR) is 61.3 cm³/mol. The molecule has 1 heterocycles. The zero-order valence-electron chi connectivity index (χ0n) is 9.16. The monoisotopic (exact) mass is 213 g/mol. The van der Waals surface area contributed by atoms with E-state index in [1.54, 1.807) is 11.3 Å². The average molecular weight is 213 g/mol. The Morgan fingerprint density at radius 1 is 1.50 bits per heavy atom. The highest BCUT2D eigenvalue weighted by Crippen LogP contribution is 2.16. The topological polar surface area (TPSA) is 42.2 Å². The van der Waals surface area contributed by atoms with Crippen molar-refractivity contribution in [2.45, 2.75) is 33.4 Å². The van der Waals surface area contributed by atoms with Crippen LogP contribution in [0, 0.1) is 0 Å². The summed E-state index contributed by atoms with van der Waals surface area (Å²) in [5, 5.41) is 3.23. The normalized spacial score (nSPS) is 13.5. The van der Waals surface area contributed by atoms with E-state index in [1.807, 2.05) is 6.92 Å². The zero-order valence-corrected chi connectivity index (χ0v) is 9.97. The van der Waals surface area contributed by atoms with E-state index in [-0.39, 0.29) is 6.04 Å². The number of hydrogen-bond acceptors (Lipinski definition) is 4. The minimum Gasteiger partial charge on any atom is -0.323 e. The Hall–Kier alpha value is -0.450. The molecular formula is C10H19N3S. The van der Waals surface area contributed by atoms with Crippen molar-refractivity contribution in [2.75, 3.05) is 13.1 Å². The van der Waals surface area contributed by atoms with Gasteiger partial charge in [-0.1, -0.05) is 13.8 Å². The van der Waals surface area contributed by atoms with Gasteiger partial charge in [-0.2, -0.15) is 0 Å². The molecule has 2 N–H and O–H groups in total. The van der Waals surface area contributed by atoms with Crippen LogP contribution >= 0.6 is 11.3 Å². The molecule has 14 heavy (non-hydrogen) atoms. The molecule has 0 fully saturated rings. The second-order valence-corrected chi connectivity index (χ2v) is 4.36. The lowest BCUT2D eigenvalue weighted by Crippen LogP contribution is -2.22. The molecular weight excluding hydrogens is 194 g/mol. The summed E-state index contributed by atoms with van der Waals surface area (Å²) in [5.74, 6) is 0. The Bertz CT molecular complexity index is 266. The molecule has 3 nitrogen and oxygen atoms in total. The van der Waals surface area contributed by atoms with Crippen LogP contribution < -0.4 is 5.73 Å². The smallest absolute Gasteiger partial charge is 0.107 e. The molecule has 0 saturated heterocycles. The van der Waals surface area contributed by atoms with Crippen LogP contribution in [0.15, 0.2) is 5.38 Å². The van der Waals surface area contributed by atoms with Gasteiger partial charge < -0.3 is 5.73 Å². The largest absolute Gasteiger partial charge is 0.323 e. The molecule has 0 aliphatic carbocycles. The van der Waals surface area contributed by atoms with Gasteiger partial charge in [-0.3, -0.25) is 4.90 Å². The van der Waals surface area contributed by atoms with Gasteiger partial charge in [0.05, 0.1) is 12.2 Å².